The van der Waals surface area contributed by atoms with Gasteiger partial charge in [-0.15, -0.1) is 0 Å². The Bertz CT molecular complexity index is 770. The highest BCUT2D eigenvalue weighted by Gasteiger charge is 2.11. The fourth-order valence-electron chi connectivity index (χ4n) is 2.00. The van der Waals surface area contributed by atoms with Gasteiger partial charge in [0.05, 0.1) is 18.3 Å². The van der Waals surface area contributed by atoms with Crippen LogP contribution in [0.2, 0.25) is 0 Å². The lowest BCUT2D eigenvalue weighted by molar-refractivity contribution is -0.120. The topological polar surface area (TPSA) is 94.0 Å². The number of rotatable bonds is 6. The van der Waals surface area contributed by atoms with Gasteiger partial charge in [0.2, 0.25) is 0 Å². The van der Waals surface area contributed by atoms with Gasteiger partial charge in [0.15, 0.2) is 0 Å². The van der Waals surface area contributed by atoms with Gasteiger partial charge in [0.1, 0.15) is 5.75 Å². The Morgan fingerprint density at radius 2 is 1.80 bits per heavy atom. The van der Waals surface area contributed by atoms with Crippen LogP contribution in [-0.2, 0) is 4.79 Å². The molecule has 0 saturated heterocycles. The molecular weight excluding hydrogens is 320 g/mol. The third-order valence-corrected chi connectivity index (χ3v) is 3.37. The summed E-state index contributed by atoms with van der Waals surface area (Å²) in [6.07, 6.45) is 1.52. The maximum atomic E-state index is 11.9. The van der Waals surface area contributed by atoms with E-state index in [0.717, 1.165) is 11.3 Å². The van der Waals surface area contributed by atoms with Crippen molar-refractivity contribution in [3.8, 4) is 5.75 Å². The van der Waals surface area contributed by atoms with Crippen LogP contribution in [0.1, 0.15) is 15.9 Å². The Balaban J connectivity index is 1.80. The van der Waals surface area contributed by atoms with Gasteiger partial charge in [-0.3, -0.25) is 9.59 Å². The van der Waals surface area contributed by atoms with Crippen molar-refractivity contribution < 1.29 is 14.7 Å². The number of hydrazone groups is 1. The smallest absolute Gasteiger partial charge is 0.259 e. The summed E-state index contributed by atoms with van der Waals surface area (Å²) in [5.74, 6) is -1.14. The summed E-state index contributed by atoms with van der Waals surface area (Å²) in [4.78, 5) is 25.5. The van der Waals surface area contributed by atoms with Gasteiger partial charge in [0.25, 0.3) is 11.8 Å². The lowest BCUT2D eigenvalue weighted by Gasteiger charge is -2.11. The van der Waals surface area contributed by atoms with E-state index in [9.17, 15) is 14.7 Å². The van der Waals surface area contributed by atoms with Gasteiger partial charge in [-0.05, 0) is 29.8 Å². The molecule has 7 heteroatoms. The SMILES string of the molecule is CN(C)c1ccc(/C=N\NC(=O)CNC(=O)c2ccccc2O)cc1. The number of aromatic hydroxyl groups is 1. The van der Waals surface area contributed by atoms with Crippen LogP contribution >= 0.6 is 0 Å². The zero-order valence-corrected chi connectivity index (χ0v) is 14.1. The van der Waals surface area contributed by atoms with E-state index >= 15 is 0 Å². The van der Waals surface area contributed by atoms with Crippen LogP contribution in [-0.4, -0.2) is 43.8 Å². The Kier molecular flexibility index (Phi) is 6.11. The summed E-state index contributed by atoms with van der Waals surface area (Å²) in [5.41, 5.74) is 4.34. The van der Waals surface area contributed by atoms with Crippen molar-refractivity contribution in [2.75, 3.05) is 25.5 Å². The maximum absolute atomic E-state index is 11.9. The van der Waals surface area contributed by atoms with Crippen molar-refractivity contribution in [1.82, 2.24) is 10.7 Å². The molecular formula is C18H20N4O3. The van der Waals surface area contributed by atoms with Crippen molar-refractivity contribution in [2.45, 2.75) is 0 Å². The second-order valence-corrected chi connectivity index (χ2v) is 5.48. The van der Waals surface area contributed by atoms with Crippen LogP contribution in [0.15, 0.2) is 53.6 Å². The summed E-state index contributed by atoms with van der Waals surface area (Å²) in [7, 11) is 3.90. The van der Waals surface area contributed by atoms with E-state index in [0.29, 0.717) is 0 Å². The van der Waals surface area contributed by atoms with Crippen molar-refractivity contribution in [3.05, 3.63) is 59.7 Å². The van der Waals surface area contributed by atoms with Crippen molar-refractivity contribution in [2.24, 2.45) is 5.10 Å². The first-order valence-electron chi connectivity index (χ1n) is 7.63. The number of phenolic OH excluding ortho intramolecular Hbond substituents is 1. The first-order valence-corrected chi connectivity index (χ1v) is 7.63. The number of amides is 2. The molecule has 0 saturated carbocycles. The molecule has 0 radical (unpaired) electrons. The lowest BCUT2D eigenvalue weighted by Crippen LogP contribution is -2.34. The van der Waals surface area contributed by atoms with Crippen LogP contribution in [0.4, 0.5) is 5.69 Å². The average molecular weight is 340 g/mol. The minimum Gasteiger partial charge on any atom is -0.507 e. The molecule has 0 bridgehead atoms. The molecule has 0 unspecified atom stereocenters. The molecule has 2 aromatic rings. The molecule has 3 N–H and O–H groups in total. The summed E-state index contributed by atoms with van der Waals surface area (Å²) >= 11 is 0. The molecule has 0 heterocycles. The molecule has 0 aliphatic rings. The predicted octanol–water partition coefficient (Wildman–Crippen LogP) is 1.34. The van der Waals surface area contributed by atoms with Crippen molar-refractivity contribution in [3.63, 3.8) is 0 Å². The molecule has 0 atom stereocenters. The molecule has 2 amide bonds. The Hall–Kier alpha value is -3.35. The molecule has 2 aromatic carbocycles. The first-order chi connectivity index (χ1) is 12.0. The van der Waals surface area contributed by atoms with Crippen LogP contribution in [0.5, 0.6) is 5.75 Å². The second-order valence-electron chi connectivity index (χ2n) is 5.48. The highest BCUT2D eigenvalue weighted by Crippen LogP contribution is 2.14. The van der Waals surface area contributed by atoms with Gasteiger partial charge in [-0.1, -0.05) is 24.3 Å². The van der Waals surface area contributed by atoms with E-state index in [1.807, 2.05) is 43.3 Å². The zero-order valence-electron chi connectivity index (χ0n) is 14.1. The summed E-state index contributed by atoms with van der Waals surface area (Å²) in [5, 5.41) is 15.8. The number of phenols is 1. The number of nitrogens with zero attached hydrogens (tertiary/aromatic N) is 2. The van der Waals surface area contributed by atoms with Crippen LogP contribution in [0.25, 0.3) is 0 Å². The van der Waals surface area contributed by atoms with Crippen LogP contribution in [0.3, 0.4) is 0 Å². The molecule has 0 aromatic heterocycles. The Morgan fingerprint density at radius 3 is 2.44 bits per heavy atom. The van der Waals surface area contributed by atoms with Gasteiger partial charge < -0.3 is 15.3 Å². The number of carbonyl (C=O) groups is 2. The number of benzene rings is 2. The Morgan fingerprint density at radius 1 is 1.12 bits per heavy atom. The highest BCUT2D eigenvalue weighted by molar-refractivity contribution is 5.98. The summed E-state index contributed by atoms with van der Waals surface area (Å²) in [6.45, 7) is -0.246. The quantitative estimate of drug-likeness (QED) is 0.546. The number of para-hydroxylation sites is 1. The fraction of sp³-hybridized carbons (Fsp3) is 0.167. The number of anilines is 1. The molecule has 7 nitrogen and oxygen atoms in total. The third kappa shape index (κ3) is 5.35. The molecule has 0 fully saturated rings. The first kappa shape index (κ1) is 18.0. The second kappa shape index (κ2) is 8.49. The molecule has 25 heavy (non-hydrogen) atoms. The maximum Gasteiger partial charge on any atom is 0.259 e. The molecule has 0 spiro atoms. The van der Waals surface area contributed by atoms with E-state index in [4.69, 9.17) is 0 Å². The predicted molar refractivity (Wildman–Crippen MR) is 96.9 cm³/mol. The molecule has 0 aliphatic carbocycles. The summed E-state index contributed by atoms with van der Waals surface area (Å²) < 4.78 is 0. The van der Waals surface area contributed by atoms with E-state index in [1.165, 1.54) is 18.3 Å². The van der Waals surface area contributed by atoms with E-state index in [1.54, 1.807) is 12.1 Å². The van der Waals surface area contributed by atoms with E-state index < -0.39 is 11.8 Å². The average Bonchev–Trinajstić information content (AvgIpc) is 2.60. The third-order valence-electron chi connectivity index (χ3n) is 3.37. The standard InChI is InChI=1S/C18H20N4O3/c1-22(2)14-9-7-13(8-10-14)11-20-21-17(24)12-19-18(25)15-5-3-4-6-16(15)23/h3-11,23H,12H2,1-2H3,(H,19,25)(H,21,24)/b20-11-. The normalized spacial score (nSPS) is 10.5. The van der Waals surface area contributed by atoms with Gasteiger partial charge in [-0.25, -0.2) is 5.43 Å². The van der Waals surface area contributed by atoms with E-state index in [2.05, 4.69) is 15.8 Å². The number of nitrogens with one attached hydrogen (secondary N) is 2. The van der Waals surface area contributed by atoms with Crippen molar-refractivity contribution in [1.29, 1.82) is 0 Å². The molecule has 0 aliphatic heterocycles. The van der Waals surface area contributed by atoms with Crippen molar-refractivity contribution >= 4 is 23.7 Å². The van der Waals surface area contributed by atoms with Crippen LogP contribution in [0, 0.1) is 0 Å². The van der Waals surface area contributed by atoms with Gasteiger partial charge in [-0.2, -0.15) is 5.10 Å². The van der Waals surface area contributed by atoms with E-state index in [-0.39, 0.29) is 17.9 Å². The largest absolute Gasteiger partial charge is 0.507 e. The zero-order chi connectivity index (χ0) is 18.2. The fourth-order valence-corrected chi connectivity index (χ4v) is 2.00. The summed E-state index contributed by atoms with van der Waals surface area (Å²) in [6, 6.07) is 13.7. The molecule has 130 valence electrons. The highest BCUT2D eigenvalue weighted by atomic mass is 16.3. The minimum absolute atomic E-state index is 0.111. The monoisotopic (exact) mass is 340 g/mol. The minimum atomic E-state index is -0.531. The van der Waals surface area contributed by atoms with Gasteiger partial charge >= 0.3 is 0 Å². The van der Waals surface area contributed by atoms with Gasteiger partial charge in [0, 0.05) is 19.8 Å². The number of hydrogen-bond donors (Lipinski definition) is 3. The van der Waals surface area contributed by atoms with Crippen LogP contribution < -0.4 is 15.6 Å². The number of hydrogen-bond acceptors (Lipinski definition) is 5. The Labute approximate surface area is 146 Å². The molecule has 2 rings (SSSR count). The lowest BCUT2D eigenvalue weighted by atomic mass is 10.2. The number of carbonyl (C=O) groups excluding carboxylic acids is 2.